The number of hydrogen-bond donors (Lipinski definition) is 1. The molecule has 0 bridgehead atoms. The van der Waals surface area contributed by atoms with Gasteiger partial charge in [0.25, 0.3) is 15.2 Å². The average molecular weight is 318 g/mol. The highest BCUT2D eigenvalue weighted by Gasteiger charge is 2.22. The number of hydrogen-bond acceptors (Lipinski definition) is 6. The highest BCUT2D eigenvalue weighted by molar-refractivity contribution is 7.89. The molecule has 10 heteroatoms. The summed E-state index contributed by atoms with van der Waals surface area (Å²) in [7, 11) is -2.48. The van der Waals surface area contributed by atoms with Crippen LogP contribution in [0.25, 0.3) is 11.5 Å². The Morgan fingerprint density at radius 3 is 2.70 bits per heavy atom. The van der Waals surface area contributed by atoms with Crippen molar-refractivity contribution in [1.29, 1.82) is 0 Å². The van der Waals surface area contributed by atoms with Crippen LogP contribution in [-0.4, -0.2) is 41.9 Å². The zero-order valence-electron chi connectivity index (χ0n) is 10.5. The van der Waals surface area contributed by atoms with Crippen LogP contribution in [0.5, 0.6) is 0 Å². The van der Waals surface area contributed by atoms with Crippen molar-refractivity contribution >= 4 is 21.6 Å². The van der Waals surface area contributed by atoms with Gasteiger partial charge in [0.2, 0.25) is 0 Å². The van der Waals surface area contributed by atoms with Crippen molar-refractivity contribution in [3.8, 4) is 11.5 Å². The fourth-order valence-corrected chi connectivity index (χ4v) is 2.33. The summed E-state index contributed by atoms with van der Waals surface area (Å²) in [6.45, 7) is 0.510. The summed E-state index contributed by atoms with van der Waals surface area (Å²) in [5.41, 5.74) is 0.438. The molecule has 0 saturated carbocycles. The molecule has 0 unspecified atom stereocenters. The molecule has 2 N–H and O–H groups in total. The van der Waals surface area contributed by atoms with Gasteiger partial charge in [-0.2, -0.15) is 0 Å². The summed E-state index contributed by atoms with van der Waals surface area (Å²) < 4.78 is 29.3. The van der Waals surface area contributed by atoms with Crippen molar-refractivity contribution < 1.29 is 13.2 Å². The van der Waals surface area contributed by atoms with Crippen molar-refractivity contribution in [2.45, 2.75) is 11.7 Å². The van der Waals surface area contributed by atoms with Crippen LogP contribution in [0.2, 0.25) is 5.02 Å². The fourth-order valence-electron chi connectivity index (χ4n) is 1.58. The molecular formula is C10H12ClN5O3S. The van der Waals surface area contributed by atoms with E-state index in [1.165, 1.54) is 17.9 Å². The first-order chi connectivity index (χ1) is 9.43. The Balaban J connectivity index is 2.53. The van der Waals surface area contributed by atoms with Crippen LogP contribution < -0.4 is 5.14 Å². The molecule has 20 heavy (non-hydrogen) atoms. The molecule has 0 atom stereocenters. The van der Waals surface area contributed by atoms with Crippen molar-refractivity contribution in [3.63, 3.8) is 0 Å². The third kappa shape index (κ3) is 3.12. The molecule has 2 rings (SSSR count). The van der Waals surface area contributed by atoms with Gasteiger partial charge in [0, 0.05) is 13.3 Å². The number of primary sulfonamides is 1. The molecule has 2 aromatic rings. The van der Waals surface area contributed by atoms with E-state index >= 15 is 0 Å². The molecule has 2 aromatic heterocycles. The Morgan fingerprint density at radius 2 is 2.15 bits per heavy atom. The molecule has 8 nitrogen and oxygen atoms in total. The second-order valence-corrected chi connectivity index (χ2v) is 5.75. The van der Waals surface area contributed by atoms with Crippen LogP contribution >= 0.6 is 11.6 Å². The summed E-state index contributed by atoms with van der Waals surface area (Å²) >= 11 is 5.76. The standard InChI is InChI=1S/C10H12ClN5O3S/c1-19-5-4-16-9(8-3-2-7(11)6-13-8)14-15-10(16)20(12,17)18/h2-3,6H,4-5H2,1H3,(H2,12,17,18). The predicted molar refractivity (Wildman–Crippen MR) is 71.5 cm³/mol. The smallest absolute Gasteiger partial charge is 0.273 e. The largest absolute Gasteiger partial charge is 0.383 e. The number of methoxy groups -OCH3 is 1. The topological polar surface area (TPSA) is 113 Å². The first-order valence-corrected chi connectivity index (χ1v) is 7.43. The maximum absolute atomic E-state index is 11.5. The van der Waals surface area contributed by atoms with Crippen LogP contribution in [0.3, 0.4) is 0 Å². The Labute approximate surface area is 120 Å². The number of nitrogens with zero attached hydrogens (tertiary/aromatic N) is 4. The first kappa shape index (κ1) is 14.9. The van der Waals surface area contributed by atoms with Gasteiger partial charge in [-0.1, -0.05) is 11.6 Å². The second kappa shape index (κ2) is 5.83. The summed E-state index contributed by atoms with van der Waals surface area (Å²) in [6.07, 6.45) is 1.43. The normalized spacial score (nSPS) is 11.8. The fraction of sp³-hybridized carbons (Fsp3) is 0.300. The molecule has 0 aromatic carbocycles. The Morgan fingerprint density at radius 1 is 1.40 bits per heavy atom. The summed E-state index contributed by atoms with van der Waals surface area (Å²) in [5, 5.41) is 12.7. The average Bonchev–Trinajstić information content (AvgIpc) is 2.81. The van der Waals surface area contributed by atoms with E-state index < -0.39 is 10.0 Å². The molecule has 0 saturated heterocycles. The van der Waals surface area contributed by atoms with Gasteiger partial charge in [-0.15, -0.1) is 10.2 Å². The molecule has 0 spiro atoms. The van der Waals surface area contributed by atoms with Gasteiger partial charge >= 0.3 is 0 Å². The minimum absolute atomic E-state index is 0.231. The molecule has 0 amide bonds. The third-order valence-corrected chi connectivity index (χ3v) is 3.48. The van der Waals surface area contributed by atoms with E-state index in [2.05, 4.69) is 15.2 Å². The van der Waals surface area contributed by atoms with E-state index in [9.17, 15) is 8.42 Å². The molecule has 0 aliphatic rings. The molecule has 0 radical (unpaired) electrons. The maximum Gasteiger partial charge on any atom is 0.273 e. The molecule has 108 valence electrons. The number of pyridine rings is 1. The zero-order chi connectivity index (χ0) is 14.8. The lowest BCUT2D eigenvalue weighted by molar-refractivity contribution is 0.185. The van der Waals surface area contributed by atoms with E-state index in [1.807, 2.05) is 0 Å². The lowest BCUT2D eigenvalue weighted by Crippen LogP contribution is -2.20. The molecule has 2 heterocycles. The van der Waals surface area contributed by atoms with Crippen LogP contribution in [0, 0.1) is 0 Å². The highest BCUT2D eigenvalue weighted by atomic mass is 35.5. The number of rotatable bonds is 5. The first-order valence-electron chi connectivity index (χ1n) is 5.50. The lowest BCUT2D eigenvalue weighted by atomic mass is 10.3. The van der Waals surface area contributed by atoms with Crippen LogP contribution in [0.15, 0.2) is 23.5 Å². The summed E-state index contributed by atoms with van der Waals surface area (Å²) in [6, 6.07) is 3.23. The Kier molecular flexibility index (Phi) is 4.33. The molecule has 0 aliphatic carbocycles. The quantitative estimate of drug-likeness (QED) is 0.847. The van der Waals surface area contributed by atoms with E-state index in [0.717, 1.165) is 0 Å². The monoisotopic (exact) mass is 317 g/mol. The minimum atomic E-state index is -3.98. The summed E-state index contributed by atoms with van der Waals surface area (Å²) in [4.78, 5) is 4.08. The van der Waals surface area contributed by atoms with Gasteiger partial charge in [-0.3, -0.25) is 9.55 Å². The number of halogens is 1. The van der Waals surface area contributed by atoms with Gasteiger partial charge in [0.1, 0.15) is 5.69 Å². The predicted octanol–water partition coefficient (Wildman–Crippen LogP) is 0.287. The van der Waals surface area contributed by atoms with Crippen molar-refractivity contribution in [3.05, 3.63) is 23.4 Å². The highest BCUT2D eigenvalue weighted by Crippen LogP contribution is 2.19. The van der Waals surface area contributed by atoms with Gasteiger partial charge in [-0.05, 0) is 12.1 Å². The zero-order valence-corrected chi connectivity index (χ0v) is 12.1. The molecule has 0 aliphatic heterocycles. The van der Waals surface area contributed by atoms with Crippen molar-refractivity contribution in [2.75, 3.05) is 13.7 Å². The molecular weight excluding hydrogens is 306 g/mol. The van der Waals surface area contributed by atoms with Crippen LogP contribution in [0.4, 0.5) is 0 Å². The SMILES string of the molecule is COCCn1c(-c2ccc(Cl)cn2)nnc1S(N)(=O)=O. The number of ether oxygens (including phenoxy) is 1. The van der Waals surface area contributed by atoms with E-state index in [1.54, 1.807) is 12.1 Å². The number of nitrogens with two attached hydrogens (primary N) is 1. The van der Waals surface area contributed by atoms with Gasteiger partial charge in [0.15, 0.2) is 5.82 Å². The van der Waals surface area contributed by atoms with E-state index in [0.29, 0.717) is 10.7 Å². The van der Waals surface area contributed by atoms with Crippen LogP contribution in [0.1, 0.15) is 0 Å². The van der Waals surface area contributed by atoms with E-state index in [4.69, 9.17) is 21.5 Å². The third-order valence-electron chi connectivity index (χ3n) is 2.45. The van der Waals surface area contributed by atoms with Gasteiger partial charge in [-0.25, -0.2) is 13.6 Å². The number of aromatic nitrogens is 4. The van der Waals surface area contributed by atoms with Gasteiger partial charge < -0.3 is 4.74 Å². The Hall–Kier alpha value is -1.55. The van der Waals surface area contributed by atoms with Crippen molar-refractivity contribution in [1.82, 2.24) is 19.7 Å². The second-order valence-electron chi connectivity index (χ2n) is 3.86. The minimum Gasteiger partial charge on any atom is -0.383 e. The van der Waals surface area contributed by atoms with Crippen LogP contribution in [-0.2, 0) is 21.3 Å². The maximum atomic E-state index is 11.5. The summed E-state index contributed by atoms with van der Waals surface area (Å²) in [5.74, 6) is 0.280. The van der Waals surface area contributed by atoms with Crippen molar-refractivity contribution in [2.24, 2.45) is 5.14 Å². The van der Waals surface area contributed by atoms with Gasteiger partial charge in [0.05, 0.1) is 18.2 Å². The molecule has 0 fully saturated rings. The lowest BCUT2D eigenvalue weighted by Gasteiger charge is -2.08. The Bertz CT molecular complexity index is 698. The number of sulfonamides is 1. The van der Waals surface area contributed by atoms with E-state index in [-0.39, 0.29) is 24.1 Å².